The number of benzene rings is 1. The summed E-state index contributed by atoms with van der Waals surface area (Å²) in [5, 5.41) is 15.2. The fraction of sp³-hybridized carbons (Fsp3) is 0.500. The zero-order chi connectivity index (χ0) is 30.0. The predicted molar refractivity (Wildman–Crippen MR) is 150 cm³/mol. The summed E-state index contributed by atoms with van der Waals surface area (Å²) in [7, 11) is 1.59. The molecule has 0 saturated carbocycles. The number of ether oxygens (including phenoxy) is 2. The molecule has 13 nitrogen and oxygen atoms in total. The minimum Gasteiger partial charge on any atom is -0.481 e. The zero-order valence-electron chi connectivity index (χ0n) is 23.9. The van der Waals surface area contributed by atoms with E-state index in [4.69, 9.17) is 9.47 Å². The Morgan fingerprint density at radius 1 is 1.05 bits per heavy atom. The number of carbonyl (C=O) groups is 4. The number of nitrogens with one attached hydrogen (secondary N) is 2. The smallest absolute Gasteiger partial charge is 0.409 e. The molecule has 1 saturated heterocycles. The topological polar surface area (TPSA) is 163 Å². The number of aromatic nitrogens is 2. The molecule has 2 heterocycles. The summed E-state index contributed by atoms with van der Waals surface area (Å²) in [6.45, 7) is 7.16. The number of carboxylic acid groups (broad SMARTS) is 1. The Morgan fingerprint density at radius 3 is 2.32 bits per heavy atom. The third-order valence-corrected chi connectivity index (χ3v) is 6.33. The van der Waals surface area contributed by atoms with Crippen molar-refractivity contribution in [1.82, 2.24) is 25.1 Å². The largest absolute Gasteiger partial charge is 0.481 e. The van der Waals surface area contributed by atoms with Gasteiger partial charge in [-0.2, -0.15) is 0 Å². The highest BCUT2D eigenvalue weighted by atomic mass is 16.6. The van der Waals surface area contributed by atoms with Gasteiger partial charge in [-0.1, -0.05) is 30.3 Å². The van der Waals surface area contributed by atoms with Crippen LogP contribution in [-0.4, -0.2) is 107 Å². The second-order valence-corrected chi connectivity index (χ2v) is 10.2. The molecule has 1 aliphatic heterocycles. The summed E-state index contributed by atoms with van der Waals surface area (Å²) in [6, 6.07) is 9.52. The Labute approximate surface area is 239 Å². The van der Waals surface area contributed by atoms with Gasteiger partial charge in [-0.15, -0.1) is 0 Å². The van der Waals surface area contributed by atoms with Crippen LogP contribution in [0.15, 0.2) is 36.4 Å². The van der Waals surface area contributed by atoms with Crippen molar-refractivity contribution in [2.75, 3.05) is 51.8 Å². The van der Waals surface area contributed by atoms with Crippen LogP contribution in [0, 0.1) is 0 Å². The quantitative estimate of drug-likeness (QED) is 0.345. The molecule has 0 bridgehead atoms. The lowest BCUT2D eigenvalue weighted by Gasteiger charge is -2.35. The normalized spacial score (nSPS) is 14.2. The average molecular weight is 571 g/mol. The van der Waals surface area contributed by atoms with Crippen LogP contribution in [0.3, 0.4) is 0 Å². The number of methoxy groups -OCH3 is 1. The van der Waals surface area contributed by atoms with Gasteiger partial charge in [0.15, 0.2) is 5.82 Å². The lowest BCUT2D eigenvalue weighted by Crippen LogP contribution is -2.56. The molecule has 222 valence electrons. The summed E-state index contributed by atoms with van der Waals surface area (Å²) in [5.41, 5.74) is 0.179. The van der Waals surface area contributed by atoms with Gasteiger partial charge in [0, 0.05) is 51.3 Å². The van der Waals surface area contributed by atoms with Crippen LogP contribution in [0.5, 0.6) is 0 Å². The van der Waals surface area contributed by atoms with Crippen molar-refractivity contribution < 1.29 is 33.8 Å². The average Bonchev–Trinajstić information content (AvgIpc) is 2.94. The van der Waals surface area contributed by atoms with Crippen LogP contribution in [0.1, 0.15) is 44.1 Å². The number of carboxylic acids is 1. The molecule has 1 aliphatic rings. The molecule has 3 N–H and O–H groups in total. The number of anilines is 1. The van der Waals surface area contributed by atoms with Crippen LogP contribution in [-0.2, 0) is 19.1 Å². The maximum atomic E-state index is 13.5. The molecule has 3 amide bonds. The van der Waals surface area contributed by atoms with Crippen molar-refractivity contribution in [3.05, 3.63) is 42.1 Å². The number of carbonyl (C=O) groups excluding carboxylic acids is 3. The molecule has 13 heteroatoms. The van der Waals surface area contributed by atoms with Crippen LogP contribution >= 0.6 is 0 Å². The Hall–Kier alpha value is -4.26. The van der Waals surface area contributed by atoms with Crippen LogP contribution in [0.2, 0.25) is 0 Å². The van der Waals surface area contributed by atoms with E-state index >= 15 is 0 Å². The molecular weight excluding hydrogens is 532 g/mol. The van der Waals surface area contributed by atoms with Gasteiger partial charge in [0.1, 0.15) is 17.6 Å². The third kappa shape index (κ3) is 9.13. The minimum absolute atomic E-state index is 0.00910. The van der Waals surface area contributed by atoms with Crippen molar-refractivity contribution in [2.24, 2.45) is 0 Å². The molecule has 1 fully saturated rings. The molecule has 1 aromatic heterocycles. The van der Waals surface area contributed by atoms with Crippen molar-refractivity contribution >= 4 is 29.7 Å². The fourth-order valence-electron chi connectivity index (χ4n) is 4.39. The lowest BCUT2D eigenvalue weighted by molar-refractivity contribution is -0.138. The highest BCUT2D eigenvalue weighted by Gasteiger charge is 2.31. The Bertz CT molecular complexity index is 1220. The van der Waals surface area contributed by atoms with Crippen molar-refractivity contribution in [2.45, 2.75) is 45.2 Å². The maximum Gasteiger partial charge on any atom is 0.409 e. The van der Waals surface area contributed by atoms with Crippen LogP contribution in [0.25, 0.3) is 11.4 Å². The van der Waals surface area contributed by atoms with Gasteiger partial charge < -0.3 is 35.0 Å². The second-order valence-electron chi connectivity index (χ2n) is 10.2. The molecule has 41 heavy (non-hydrogen) atoms. The molecule has 0 radical (unpaired) electrons. The number of aliphatic carboxylic acids is 1. The fourth-order valence-corrected chi connectivity index (χ4v) is 4.39. The van der Waals surface area contributed by atoms with Gasteiger partial charge in [0.2, 0.25) is 5.91 Å². The van der Waals surface area contributed by atoms with E-state index in [2.05, 4.69) is 20.6 Å². The Balaban J connectivity index is 1.84. The van der Waals surface area contributed by atoms with E-state index in [1.165, 1.54) is 15.9 Å². The van der Waals surface area contributed by atoms with Crippen molar-refractivity contribution in [1.29, 1.82) is 0 Å². The molecule has 1 aromatic carbocycles. The van der Waals surface area contributed by atoms with E-state index in [9.17, 15) is 24.3 Å². The summed E-state index contributed by atoms with van der Waals surface area (Å²) >= 11 is 0. The van der Waals surface area contributed by atoms with Crippen LogP contribution < -0.4 is 10.6 Å². The van der Waals surface area contributed by atoms with E-state index in [1.807, 2.05) is 44.2 Å². The number of nitrogens with zero attached hydrogens (tertiary/aromatic N) is 4. The maximum absolute atomic E-state index is 13.5. The molecule has 1 unspecified atom stereocenters. The summed E-state index contributed by atoms with van der Waals surface area (Å²) < 4.78 is 10.3. The van der Waals surface area contributed by atoms with E-state index in [0.717, 1.165) is 0 Å². The predicted octanol–water partition coefficient (Wildman–Crippen LogP) is 2.24. The molecule has 2 aromatic rings. The first-order valence-electron chi connectivity index (χ1n) is 13.5. The molecule has 0 aliphatic carbocycles. The van der Waals surface area contributed by atoms with E-state index in [-0.39, 0.29) is 51.3 Å². The first-order valence-corrected chi connectivity index (χ1v) is 13.5. The number of amides is 3. The zero-order valence-corrected chi connectivity index (χ0v) is 23.9. The highest BCUT2D eigenvalue weighted by Crippen LogP contribution is 2.21. The monoisotopic (exact) mass is 570 g/mol. The summed E-state index contributed by atoms with van der Waals surface area (Å²) in [5.74, 6) is -1.48. The second kappa shape index (κ2) is 14.4. The van der Waals surface area contributed by atoms with Gasteiger partial charge >= 0.3 is 12.1 Å². The number of rotatable bonds is 12. The molecule has 0 spiro atoms. The highest BCUT2D eigenvalue weighted by molar-refractivity contribution is 5.97. The minimum atomic E-state index is -1.11. The van der Waals surface area contributed by atoms with Gasteiger partial charge in [0.25, 0.3) is 5.91 Å². The number of hydrogen-bond donors (Lipinski definition) is 3. The summed E-state index contributed by atoms with van der Waals surface area (Å²) in [6.07, 6.45) is -0.886. The standard InChI is InChI=1S/C28H38N6O7/c1-5-41-27(39)34-15-13-33(14-16-34)26(38)20(11-12-23(35)36)30-25(37)21-17-22(32-28(2,3)18-40-4)31-24(29-21)19-9-7-6-8-10-19/h6-10,17,20H,5,11-16,18H2,1-4H3,(H,30,37)(H,35,36)(H,29,31,32). The number of hydrogen-bond acceptors (Lipinski definition) is 9. The van der Waals surface area contributed by atoms with Gasteiger partial charge in [-0.05, 0) is 27.2 Å². The Kier molecular flexibility index (Phi) is 11.0. The molecule has 3 rings (SSSR count). The number of piperazine rings is 1. The van der Waals surface area contributed by atoms with Gasteiger partial charge in [-0.3, -0.25) is 14.4 Å². The van der Waals surface area contributed by atoms with Gasteiger partial charge in [0.05, 0.1) is 18.8 Å². The molecule has 1 atom stereocenters. The first kappa shape index (κ1) is 31.3. The van der Waals surface area contributed by atoms with Gasteiger partial charge in [-0.25, -0.2) is 14.8 Å². The van der Waals surface area contributed by atoms with Crippen molar-refractivity contribution in [3.8, 4) is 11.4 Å². The van der Waals surface area contributed by atoms with E-state index in [0.29, 0.717) is 23.8 Å². The van der Waals surface area contributed by atoms with E-state index in [1.54, 1.807) is 14.0 Å². The third-order valence-electron chi connectivity index (χ3n) is 6.33. The first-order chi connectivity index (χ1) is 19.5. The van der Waals surface area contributed by atoms with E-state index < -0.39 is 35.5 Å². The van der Waals surface area contributed by atoms with Crippen molar-refractivity contribution in [3.63, 3.8) is 0 Å². The Morgan fingerprint density at radius 2 is 1.71 bits per heavy atom. The molecular formula is C28H38N6O7. The summed E-state index contributed by atoms with van der Waals surface area (Å²) in [4.78, 5) is 62.3. The lowest BCUT2D eigenvalue weighted by atomic mass is 10.1. The van der Waals surface area contributed by atoms with Crippen LogP contribution in [0.4, 0.5) is 10.6 Å². The SMILES string of the molecule is CCOC(=O)N1CCN(C(=O)C(CCC(=O)O)NC(=O)c2cc(NC(C)(C)COC)nc(-c3ccccc3)n2)CC1.